The number of benzene rings is 1. The quantitative estimate of drug-likeness (QED) is 0.856. The van der Waals surface area contributed by atoms with Crippen molar-refractivity contribution in [1.29, 1.82) is 5.26 Å². The summed E-state index contributed by atoms with van der Waals surface area (Å²) in [4.78, 5) is 14.3. The second kappa shape index (κ2) is 6.53. The highest BCUT2D eigenvalue weighted by Crippen LogP contribution is 2.13. The van der Waals surface area contributed by atoms with Crippen LogP contribution in [0.25, 0.3) is 0 Å². The van der Waals surface area contributed by atoms with Crippen molar-refractivity contribution >= 4 is 5.91 Å². The van der Waals surface area contributed by atoms with Crippen LogP contribution in [-0.2, 0) is 0 Å². The lowest BCUT2D eigenvalue weighted by atomic mass is 10.0. The van der Waals surface area contributed by atoms with Crippen LogP contribution in [0.15, 0.2) is 18.2 Å². The fourth-order valence-electron chi connectivity index (χ4n) is 2.49. The summed E-state index contributed by atoms with van der Waals surface area (Å²) in [5.41, 5.74) is 3.07. The van der Waals surface area contributed by atoms with Gasteiger partial charge in [0.25, 0.3) is 5.91 Å². The van der Waals surface area contributed by atoms with Crippen LogP contribution in [0.5, 0.6) is 0 Å². The molecule has 1 fully saturated rings. The Bertz CT molecular complexity index is 525. The van der Waals surface area contributed by atoms with Gasteiger partial charge in [0.2, 0.25) is 0 Å². The van der Waals surface area contributed by atoms with Crippen molar-refractivity contribution in [2.75, 3.05) is 19.6 Å². The number of hydrogen-bond donors (Lipinski definition) is 1. The molecular weight excluding hydrogens is 250 g/mol. The molecule has 1 aliphatic heterocycles. The Balaban J connectivity index is 1.89. The average molecular weight is 271 g/mol. The summed E-state index contributed by atoms with van der Waals surface area (Å²) < 4.78 is 0. The normalized spacial score (nSPS) is 16.6. The Morgan fingerprint density at radius 3 is 2.65 bits per heavy atom. The zero-order valence-corrected chi connectivity index (χ0v) is 12.1. The molecule has 20 heavy (non-hydrogen) atoms. The number of carbonyl (C=O) groups excluding carboxylic acids is 1. The van der Waals surface area contributed by atoms with Gasteiger partial charge >= 0.3 is 0 Å². The van der Waals surface area contributed by atoms with E-state index in [1.807, 2.05) is 32.0 Å². The number of aryl methyl sites for hydroxylation is 2. The minimum Gasteiger partial charge on any atom is -0.349 e. The van der Waals surface area contributed by atoms with Crippen LogP contribution < -0.4 is 5.32 Å². The number of carbonyl (C=O) groups is 1. The fraction of sp³-hybridized carbons (Fsp3) is 0.500. The molecule has 1 heterocycles. The van der Waals surface area contributed by atoms with Gasteiger partial charge in [-0.05, 0) is 49.9 Å². The molecule has 1 saturated heterocycles. The molecule has 1 aliphatic rings. The van der Waals surface area contributed by atoms with E-state index in [4.69, 9.17) is 5.26 Å². The van der Waals surface area contributed by atoms with Crippen LogP contribution in [-0.4, -0.2) is 36.5 Å². The van der Waals surface area contributed by atoms with Crippen molar-refractivity contribution in [3.63, 3.8) is 0 Å². The highest BCUT2D eigenvalue weighted by Gasteiger charge is 2.20. The maximum atomic E-state index is 12.2. The molecule has 0 bridgehead atoms. The molecular formula is C16H21N3O. The van der Waals surface area contributed by atoms with Gasteiger partial charge < -0.3 is 5.32 Å². The summed E-state index contributed by atoms with van der Waals surface area (Å²) in [5.74, 6) is 0.00633. The Morgan fingerprint density at radius 2 is 2.05 bits per heavy atom. The van der Waals surface area contributed by atoms with E-state index in [2.05, 4.69) is 16.3 Å². The molecule has 0 radical (unpaired) electrons. The molecule has 0 aliphatic carbocycles. The van der Waals surface area contributed by atoms with Gasteiger partial charge in [0.1, 0.15) is 0 Å². The molecule has 0 unspecified atom stereocenters. The Kier molecular flexibility index (Phi) is 4.75. The van der Waals surface area contributed by atoms with E-state index in [1.165, 1.54) is 5.56 Å². The van der Waals surface area contributed by atoms with E-state index >= 15 is 0 Å². The summed E-state index contributed by atoms with van der Waals surface area (Å²) in [7, 11) is 0. The molecule has 106 valence electrons. The number of likely N-dealkylation sites (tertiary alicyclic amines) is 1. The first-order chi connectivity index (χ1) is 9.60. The Hall–Kier alpha value is -1.86. The van der Waals surface area contributed by atoms with Crippen molar-refractivity contribution in [3.05, 3.63) is 34.9 Å². The third kappa shape index (κ3) is 3.58. The predicted octanol–water partition coefficient (Wildman–Crippen LogP) is 2.02. The van der Waals surface area contributed by atoms with Crippen molar-refractivity contribution < 1.29 is 4.79 Å². The SMILES string of the molecule is Cc1ccc(C(=O)NC2CCN(CC#N)CC2)cc1C. The van der Waals surface area contributed by atoms with E-state index in [9.17, 15) is 4.79 Å². The van der Waals surface area contributed by atoms with E-state index in [0.29, 0.717) is 6.54 Å². The predicted molar refractivity (Wildman–Crippen MR) is 78.5 cm³/mol. The number of nitrogens with zero attached hydrogens (tertiary/aromatic N) is 2. The first-order valence-electron chi connectivity index (χ1n) is 7.07. The van der Waals surface area contributed by atoms with E-state index in [-0.39, 0.29) is 11.9 Å². The lowest BCUT2D eigenvalue weighted by Crippen LogP contribution is -2.44. The number of amides is 1. The maximum absolute atomic E-state index is 12.2. The first-order valence-corrected chi connectivity index (χ1v) is 7.07. The molecule has 4 heteroatoms. The van der Waals surface area contributed by atoms with E-state index in [1.54, 1.807) is 0 Å². The molecule has 1 aromatic carbocycles. The second-order valence-electron chi connectivity index (χ2n) is 5.48. The first kappa shape index (κ1) is 14.5. The summed E-state index contributed by atoms with van der Waals surface area (Å²) >= 11 is 0. The van der Waals surface area contributed by atoms with Gasteiger partial charge in [0, 0.05) is 24.7 Å². The molecule has 0 aromatic heterocycles. The van der Waals surface area contributed by atoms with Gasteiger partial charge in [0.15, 0.2) is 0 Å². The largest absolute Gasteiger partial charge is 0.349 e. The van der Waals surface area contributed by atoms with Gasteiger partial charge in [-0.25, -0.2) is 0 Å². The van der Waals surface area contributed by atoms with Crippen LogP contribution in [0.2, 0.25) is 0 Å². The smallest absolute Gasteiger partial charge is 0.251 e. The molecule has 1 aromatic rings. The van der Waals surface area contributed by atoms with Gasteiger partial charge in [0.05, 0.1) is 12.6 Å². The van der Waals surface area contributed by atoms with Crippen LogP contribution in [0, 0.1) is 25.2 Å². The number of nitrogens with one attached hydrogen (secondary N) is 1. The average Bonchev–Trinajstić information content (AvgIpc) is 2.44. The number of hydrogen-bond acceptors (Lipinski definition) is 3. The summed E-state index contributed by atoms with van der Waals surface area (Å²) in [6.07, 6.45) is 1.83. The Morgan fingerprint density at radius 1 is 1.35 bits per heavy atom. The summed E-state index contributed by atoms with van der Waals surface area (Å²) in [6.45, 7) is 6.31. The zero-order chi connectivity index (χ0) is 14.5. The van der Waals surface area contributed by atoms with Gasteiger partial charge in [-0.2, -0.15) is 5.26 Å². The minimum absolute atomic E-state index is 0.00633. The van der Waals surface area contributed by atoms with E-state index < -0.39 is 0 Å². The minimum atomic E-state index is 0.00633. The van der Waals surface area contributed by atoms with Gasteiger partial charge in [-0.1, -0.05) is 6.07 Å². The monoisotopic (exact) mass is 271 g/mol. The second-order valence-corrected chi connectivity index (χ2v) is 5.48. The van der Waals surface area contributed by atoms with Crippen LogP contribution >= 0.6 is 0 Å². The third-order valence-corrected chi connectivity index (χ3v) is 3.99. The molecule has 1 amide bonds. The maximum Gasteiger partial charge on any atom is 0.251 e. The summed E-state index contributed by atoms with van der Waals surface area (Å²) in [5, 5.41) is 11.8. The molecule has 0 saturated carbocycles. The summed E-state index contributed by atoms with van der Waals surface area (Å²) in [6, 6.07) is 8.19. The molecule has 2 rings (SSSR count). The van der Waals surface area contributed by atoms with E-state index in [0.717, 1.165) is 37.1 Å². The van der Waals surface area contributed by atoms with Crippen molar-refractivity contribution in [2.45, 2.75) is 32.7 Å². The molecule has 0 atom stereocenters. The standard InChI is InChI=1S/C16H21N3O/c1-12-3-4-14(11-13(12)2)16(20)18-15-5-8-19(9-6-15)10-7-17/h3-4,11,15H,5-6,8-10H2,1-2H3,(H,18,20). The molecule has 1 N–H and O–H groups in total. The van der Waals surface area contributed by atoms with Crippen molar-refractivity contribution in [1.82, 2.24) is 10.2 Å². The zero-order valence-electron chi connectivity index (χ0n) is 12.1. The van der Waals surface area contributed by atoms with Crippen LogP contribution in [0.4, 0.5) is 0 Å². The van der Waals surface area contributed by atoms with Gasteiger partial charge in [-0.3, -0.25) is 9.69 Å². The molecule has 4 nitrogen and oxygen atoms in total. The molecule has 0 spiro atoms. The van der Waals surface area contributed by atoms with Crippen LogP contribution in [0.1, 0.15) is 34.3 Å². The van der Waals surface area contributed by atoms with Crippen LogP contribution in [0.3, 0.4) is 0 Å². The third-order valence-electron chi connectivity index (χ3n) is 3.99. The number of piperidine rings is 1. The highest BCUT2D eigenvalue weighted by atomic mass is 16.1. The highest BCUT2D eigenvalue weighted by molar-refractivity contribution is 5.94. The lowest BCUT2D eigenvalue weighted by Gasteiger charge is -2.30. The lowest BCUT2D eigenvalue weighted by molar-refractivity contribution is 0.0914. The van der Waals surface area contributed by atoms with Crippen molar-refractivity contribution in [2.24, 2.45) is 0 Å². The van der Waals surface area contributed by atoms with Gasteiger partial charge in [-0.15, -0.1) is 0 Å². The topological polar surface area (TPSA) is 56.1 Å². The number of rotatable bonds is 3. The van der Waals surface area contributed by atoms with Crippen molar-refractivity contribution in [3.8, 4) is 6.07 Å². The fourth-order valence-corrected chi connectivity index (χ4v) is 2.49. The number of nitriles is 1. The Labute approximate surface area is 120 Å².